The maximum absolute atomic E-state index is 12.5. The number of aromatic nitrogens is 3. The van der Waals surface area contributed by atoms with Crippen LogP contribution in [0.3, 0.4) is 0 Å². The monoisotopic (exact) mass is 438 g/mol. The zero-order chi connectivity index (χ0) is 24.4. The molecule has 0 bridgehead atoms. The first kappa shape index (κ1) is 17.4. The van der Waals surface area contributed by atoms with Crippen molar-refractivity contribution in [2.75, 3.05) is 31.0 Å². The van der Waals surface area contributed by atoms with Crippen LogP contribution in [0, 0.1) is 0 Å². The first-order valence-corrected chi connectivity index (χ1v) is 10.5. The number of ether oxygens (including phenoxy) is 1. The highest BCUT2D eigenvalue weighted by atomic mass is 32.2. The number of hydrogen-bond acceptors (Lipinski definition) is 9. The SMILES string of the molecule is [2H]C([2H])([2H])NC(=O)c1nnc(NC(=O)NC2CC2)cc1Nc1ncc(OC)cc1S(C)(=O)=O. The van der Waals surface area contributed by atoms with Gasteiger partial charge in [0.1, 0.15) is 16.5 Å². The van der Waals surface area contributed by atoms with E-state index in [1.165, 1.54) is 25.4 Å². The van der Waals surface area contributed by atoms with Crippen molar-refractivity contribution >= 4 is 39.1 Å². The van der Waals surface area contributed by atoms with E-state index >= 15 is 0 Å². The number of nitrogens with zero attached hydrogens (tertiary/aromatic N) is 3. The Hall–Kier alpha value is -3.48. The van der Waals surface area contributed by atoms with Crippen LogP contribution in [0.5, 0.6) is 5.75 Å². The minimum Gasteiger partial charge on any atom is -0.495 e. The second-order valence-corrected chi connectivity index (χ2v) is 8.42. The topological polar surface area (TPSA) is 164 Å². The first-order valence-electron chi connectivity index (χ1n) is 10.1. The number of methoxy groups -OCH3 is 1. The van der Waals surface area contributed by atoms with Gasteiger partial charge in [0.15, 0.2) is 21.3 Å². The van der Waals surface area contributed by atoms with Crippen molar-refractivity contribution in [2.24, 2.45) is 0 Å². The number of carbonyl (C=O) groups excluding carboxylic acids is 2. The summed E-state index contributed by atoms with van der Waals surface area (Å²) in [6, 6.07) is 1.95. The zero-order valence-corrected chi connectivity index (χ0v) is 16.8. The van der Waals surface area contributed by atoms with Gasteiger partial charge in [-0.1, -0.05) is 0 Å². The third kappa shape index (κ3) is 5.11. The van der Waals surface area contributed by atoms with Gasteiger partial charge in [0.05, 0.1) is 19.0 Å². The largest absolute Gasteiger partial charge is 0.495 e. The van der Waals surface area contributed by atoms with Crippen LogP contribution in [0.4, 0.5) is 22.1 Å². The van der Waals surface area contributed by atoms with E-state index < -0.39 is 34.4 Å². The van der Waals surface area contributed by atoms with Crippen molar-refractivity contribution in [1.82, 2.24) is 25.8 Å². The Morgan fingerprint density at radius 2 is 2.03 bits per heavy atom. The third-order valence-corrected chi connectivity index (χ3v) is 5.10. The van der Waals surface area contributed by atoms with Crippen LogP contribution < -0.4 is 26.0 Å². The predicted molar refractivity (Wildman–Crippen MR) is 108 cm³/mol. The highest BCUT2D eigenvalue weighted by molar-refractivity contribution is 7.90. The second kappa shape index (κ2) is 8.49. The molecule has 1 aliphatic rings. The molecule has 3 rings (SSSR count). The van der Waals surface area contributed by atoms with E-state index in [9.17, 15) is 18.0 Å². The van der Waals surface area contributed by atoms with Crippen molar-refractivity contribution < 1.29 is 26.9 Å². The number of carbonyl (C=O) groups is 2. The Bertz CT molecular complexity index is 1190. The fraction of sp³-hybridized carbons (Fsp3) is 0.353. The number of hydrogen-bond donors (Lipinski definition) is 4. The Morgan fingerprint density at radius 3 is 2.67 bits per heavy atom. The average molecular weight is 438 g/mol. The van der Waals surface area contributed by atoms with E-state index in [1.807, 2.05) is 0 Å². The van der Waals surface area contributed by atoms with E-state index in [2.05, 4.69) is 31.1 Å². The number of urea groups is 1. The van der Waals surface area contributed by atoms with Gasteiger partial charge >= 0.3 is 6.03 Å². The number of sulfone groups is 1. The van der Waals surface area contributed by atoms with Crippen molar-refractivity contribution in [3.05, 3.63) is 24.0 Å². The lowest BCUT2D eigenvalue weighted by Crippen LogP contribution is -2.31. The van der Waals surface area contributed by atoms with E-state index in [4.69, 9.17) is 8.85 Å². The van der Waals surface area contributed by atoms with Crippen LogP contribution in [0.2, 0.25) is 0 Å². The summed E-state index contributed by atoms with van der Waals surface area (Å²) >= 11 is 0. The molecule has 12 nitrogen and oxygen atoms in total. The number of anilines is 3. The Morgan fingerprint density at radius 1 is 1.27 bits per heavy atom. The van der Waals surface area contributed by atoms with E-state index in [1.54, 1.807) is 5.32 Å². The zero-order valence-electron chi connectivity index (χ0n) is 19.0. The van der Waals surface area contributed by atoms with Gasteiger partial charge in [0.2, 0.25) is 0 Å². The van der Waals surface area contributed by atoms with Crippen LogP contribution in [-0.2, 0) is 9.84 Å². The summed E-state index contributed by atoms with van der Waals surface area (Å²) in [5.41, 5.74) is -0.604. The molecule has 0 atom stereocenters. The lowest BCUT2D eigenvalue weighted by Gasteiger charge is -2.14. The summed E-state index contributed by atoms with van der Waals surface area (Å²) < 4.78 is 51.2. The molecule has 1 aliphatic carbocycles. The van der Waals surface area contributed by atoms with Gasteiger partial charge in [-0.2, -0.15) is 0 Å². The Labute approximate surface area is 177 Å². The summed E-state index contributed by atoms with van der Waals surface area (Å²) in [6.45, 7) is -2.81. The highest BCUT2D eigenvalue weighted by Crippen LogP contribution is 2.28. The molecule has 0 spiro atoms. The summed E-state index contributed by atoms with van der Waals surface area (Å²) in [6.07, 6.45) is 3.92. The molecule has 2 aromatic rings. The molecule has 2 aromatic heterocycles. The van der Waals surface area contributed by atoms with E-state index in [0.717, 1.165) is 19.1 Å². The van der Waals surface area contributed by atoms with Crippen molar-refractivity contribution in [3.8, 4) is 5.75 Å². The summed E-state index contributed by atoms with van der Waals surface area (Å²) in [4.78, 5) is 28.3. The molecule has 2 heterocycles. The molecule has 3 amide bonds. The molecule has 13 heteroatoms. The smallest absolute Gasteiger partial charge is 0.320 e. The number of amides is 3. The number of nitrogens with one attached hydrogen (secondary N) is 4. The van der Waals surface area contributed by atoms with Gasteiger partial charge in [-0.3, -0.25) is 10.1 Å². The molecule has 160 valence electrons. The fourth-order valence-electron chi connectivity index (χ4n) is 2.38. The van der Waals surface area contributed by atoms with Crippen molar-refractivity contribution in [3.63, 3.8) is 0 Å². The second-order valence-electron chi connectivity index (χ2n) is 6.44. The Kier molecular flexibility index (Phi) is 4.92. The van der Waals surface area contributed by atoms with Crippen molar-refractivity contribution in [2.45, 2.75) is 23.8 Å². The molecule has 1 saturated carbocycles. The molecule has 30 heavy (non-hydrogen) atoms. The molecular formula is C17H21N7O5S. The lowest BCUT2D eigenvalue weighted by atomic mass is 10.3. The van der Waals surface area contributed by atoms with Gasteiger partial charge in [-0.15, -0.1) is 10.2 Å². The first-order chi connectivity index (χ1) is 15.4. The maximum Gasteiger partial charge on any atom is 0.320 e. The Balaban J connectivity index is 2.00. The summed E-state index contributed by atoms with van der Waals surface area (Å²) in [5.74, 6) is -1.18. The number of pyridine rings is 1. The van der Waals surface area contributed by atoms with Crippen LogP contribution in [0.15, 0.2) is 23.2 Å². The molecular weight excluding hydrogens is 414 g/mol. The van der Waals surface area contributed by atoms with E-state index in [0.29, 0.717) is 0 Å². The van der Waals surface area contributed by atoms with Gasteiger partial charge in [0, 0.05) is 35.5 Å². The lowest BCUT2D eigenvalue weighted by molar-refractivity contribution is 0.0958. The van der Waals surface area contributed by atoms with Crippen LogP contribution in [0.25, 0.3) is 0 Å². The quantitative estimate of drug-likeness (QED) is 0.486. The summed E-state index contributed by atoms with van der Waals surface area (Å²) in [5, 5.41) is 17.0. The van der Waals surface area contributed by atoms with Crippen molar-refractivity contribution in [1.29, 1.82) is 0 Å². The van der Waals surface area contributed by atoms with Crippen LogP contribution in [0.1, 0.15) is 27.4 Å². The number of rotatable bonds is 7. The minimum atomic E-state index is -3.80. The molecule has 0 saturated heterocycles. The van der Waals surface area contributed by atoms with Crippen LogP contribution >= 0.6 is 0 Å². The predicted octanol–water partition coefficient (Wildman–Crippen LogP) is 0.671. The molecule has 4 N–H and O–H groups in total. The minimum absolute atomic E-state index is 0.0701. The molecule has 1 fully saturated rings. The molecule has 0 unspecified atom stereocenters. The fourth-order valence-corrected chi connectivity index (χ4v) is 3.17. The molecule has 0 aliphatic heterocycles. The third-order valence-electron chi connectivity index (χ3n) is 3.99. The summed E-state index contributed by atoms with van der Waals surface area (Å²) in [7, 11) is -2.46. The standard InChI is InChI=1S/C17H21N7O5S/c1-18-16(25)14-11(7-13(23-24-14)22-17(26)20-9-4-5-9)21-15-12(30(3,27)28)6-10(29-2)8-19-15/h6-9H,4-5H2,1-3H3,(H,18,25)(H3,19,20,21,22,23,26)/i1D3. The highest BCUT2D eigenvalue weighted by Gasteiger charge is 2.24. The maximum atomic E-state index is 12.5. The van der Waals surface area contributed by atoms with Gasteiger partial charge in [0.25, 0.3) is 5.91 Å². The normalized spacial score (nSPS) is 15.2. The van der Waals surface area contributed by atoms with Gasteiger partial charge in [-0.05, 0) is 12.8 Å². The average Bonchev–Trinajstić information content (AvgIpc) is 3.50. The molecule has 0 aromatic carbocycles. The van der Waals surface area contributed by atoms with Crippen LogP contribution in [-0.4, -0.2) is 61.9 Å². The molecule has 0 radical (unpaired) electrons. The van der Waals surface area contributed by atoms with Gasteiger partial charge in [-0.25, -0.2) is 18.2 Å². The van der Waals surface area contributed by atoms with E-state index in [-0.39, 0.29) is 34.0 Å². The van der Waals surface area contributed by atoms with Gasteiger partial charge < -0.3 is 20.7 Å².